The first-order valence-electron chi connectivity index (χ1n) is 5.83. The van der Waals surface area contributed by atoms with E-state index in [-0.39, 0.29) is 0 Å². The third-order valence-electron chi connectivity index (χ3n) is 3.00. The predicted octanol–water partition coefficient (Wildman–Crippen LogP) is 3.96. The van der Waals surface area contributed by atoms with Crippen LogP contribution in [0.15, 0.2) is 48.8 Å². The van der Waals surface area contributed by atoms with Crippen molar-refractivity contribution in [3.05, 3.63) is 53.9 Å². The molecular weight excluding hydrogens is 260 g/mol. The average Bonchev–Trinajstić information content (AvgIpc) is 2.47. The monoisotopic (exact) mass is 270 g/mol. The van der Waals surface area contributed by atoms with Crippen LogP contribution >= 0.6 is 11.6 Å². The molecule has 1 aromatic heterocycles. The molecule has 1 heterocycles. The number of methoxy groups -OCH3 is 1. The maximum Gasteiger partial charge on any atom is 0.140 e. The summed E-state index contributed by atoms with van der Waals surface area (Å²) < 4.78 is 5.38. The number of fused-ring (bicyclic) bond motifs is 1. The first-order chi connectivity index (χ1) is 9.29. The highest BCUT2D eigenvalue weighted by molar-refractivity contribution is 6.34. The van der Waals surface area contributed by atoms with E-state index in [9.17, 15) is 0 Å². The molecule has 0 aliphatic rings. The Bertz CT molecular complexity index is 743. The second-order valence-corrected chi connectivity index (χ2v) is 4.45. The summed E-state index contributed by atoms with van der Waals surface area (Å²) in [4.78, 5) is 8.20. The van der Waals surface area contributed by atoms with E-state index in [0.29, 0.717) is 5.15 Å². The summed E-state index contributed by atoms with van der Waals surface area (Å²) in [6.45, 7) is 0. The molecule has 4 heteroatoms. The number of rotatable bonds is 2. The molecule has 0 N–H and O–H groups in total. The molecule has 0 bridgehead atoms. The lowest BCUT2D eigenvalue weighted by Crippen LogP contribution is -1.89. The zero-order chi connectivity index (χ0) is 13.2. The Hall–Kier alpha value is -2.13. The van der Waals surface area contributed by atoms with Gasteiger partial charge >= 0.3 is 0 Å². The van der Waals surface area contributed by atoms with Gasteiger partial charge in [-0.1, -0.05) is 35.9 Å². The highest BCUT2D eigenvalue weighted by Crippen LogP contribution is 2.32. The Balaban J connectivity index is 2.23. The highest BCUT2D eigenvalue weighted by atomic mass is 35.5. The minimum absolute atomic E-state index is 0.460. The van der Waals surface area contributed by atoms with Crippen LogP contribution in [0.1, 0.15) is 0 Å². The van der Waals surface area contributed by atoms with Gasteiger partial charge in [-0.15, -0.1) is 0 Å². The molecule has 2 aromatic carbocycles. The van der Waals surface area contributed by atoms with E-state index in [2.05, 4.69) is 9.97 Å². The standard InChI is InChI=1S/C15H11ClN2O/c1-19-14-5-3-2-4-11(14)10-6-7-13-12(8-10)15(16)18-9-17-13/h2-9H,1H3. The molecule has 0 amide bonds. The van der Waals surface area contributed by atoms with Crippen molar-refractivity contribution in [2.75, 3.05) is 7.11 Å². The van der Waals surface area contributed by atoms with Crippen molar-refractivity contribution < 1.29 is 4.74 Å². The minimum Gasteiger partial charge on any atom is -0.496 e. The first kappa shape index (κ1) is 11.9. The third kappa shape index (κ3) is 2.13. The summed E-state index contributed by atoms with van der Waals surface area (Å²) in [6, 6.07) is 13.8. The summed E-state index contributed by atoms with van der Waals surface area (Å²) in [5.74, 6) is 0.829. The molecule has 0 unspecified atom stereocenters. The van der Waals surface area contributed by atoms with Crippen LogP contribution in [0.2, 0.25) is 5.15 Å². The third-order valence-corrected chi connectivity index (χ3v) is 3.31. The fraction of sp³-hybridized carbons (Fsp3) is 0.0667. The zero-order valence-electron chi connectivity index (χ0n) is 10.3. The predicted molar refractivity (Wildman–Crippen MR) is 76.5 cm³/mol. The van der Waals surface area contributed by atoms with Crippen LogP contribution in [0, 0.1) is 0 Å². The Morgan fingerprint density at radius 2 is 1.89 bits per heavy atom. The van der Waals surface area contributed by atoms with Crippen molar-refractivity contribution in [1.29, 1.82) is 0 Å². The molecule has 0 atom stereocenters. The fourth-order valence-corrected chi connectivity index (χ4v) is 2.27. The van der Waals surface area contributed by atoms with Gasteiger partial charge in [0.2, 0.25) is 0 Å². The Morgan fingerprint density at radius 1 is 1.05 bits per heavy atom. The topological polar surface area (TPSA) is 35.0 Å². The molecule has 0 saturated heterocycles. The number of aromatic nitrogens is 2. The van der Waals surface area contributed by atoms with Crippen LogP contribution in [0.5, 0.6) is 5.75 Å². The number of halogens is 1. The maximum atomic E-state index is 6.11. The second-order valence-electron chi connectivity index (χ2n) is 4.10. The van der Waals surface area contributed by atoms with Gasteiger partial charge in [0, 0.05) is 10.9 Å². The van der Waals surface area contributed by atoms with Crippen molar-refractivity contribution >= 4 is 22.5 Å². The van der Waals surface area contributed by atoms with Crippen LogP contribution in [-0.2, 0) is 0 Å². The molecule has 0 radical (unpaired) electrons. The van der Waals surface area contributed by atoms with Crippen LogP contribution < -0.4 is 4.74 Å². The van der Waals surface area contributed by atoms with Crippen LogP contribution in [-0.4, -0.2) is 17.1 Å². The van der Waals surface area contributed by atoms with E-state index >= 15 is 0 Å². The number of hydrogen-bond donors (Lipinski definition) is 0. The van der Waals surface area contributed by atoms with Crippen LogP contribution in [0.25, 0.3) is 22.0 Å². The largest absolute Gasteiger partial charge is 0.496 e. The number of ether oxygens (including phenoxy) is 1. The van der Waals surface area contributed by atoms with Crippen LogP contribution in [0.4, 0.5) is 0 Å². The van der Waals surface area contributed by atoms with Crippen molar-refractivity contribution in [3.8, 4) is 16.9 Å². The summed E-state index contributed by atoms with van der Waals surface area (Å²) >= 11 is 6.11. The van der Waals surface area contributed by atoms with Gasteiger partial charge in [-0.05, 0) is 23.8 Å². The lowest BCUT2D eigenvalue weighted by molar-refractivity contribution is 0.416. The summed E-state index contributed by atoms with van der Waals surface area (Å²) in [6.07, 6.45) is 1.47. The Kier molecular flexibility index (Phi) is 3.05. The molecule has 3 nitrogen and oxygen atoms in total. The fourth-order valence-electron chi connectivity index (χ4n) is 2.08. The maximum absolute atomic E-state index is 6.11. The van der Waals surface area contributed by atoms with Crippen molar-refractivity contribution in [1.82, 2.24) is 9.97 Å². The summed E-state index contributed by atoms with van der Waals surface area (Å²) in [5, 5.41) is 1.30. The molecule has 0 spiro atoms. The van der Waals surface area contributed by atoms with Gasteiger partial charge in [-0.3, -0.25) is 0 Å². The van der Waals surface area contributed by atoms with Gasteiger partial charge in [0.25, 0.3) is 0 Å². The Labute approximate surface area is 115 Å². The van der Waals surface area contributed by atoms with Crippen molar-refractivity contribution in [2.24, 2.45) is 0 Å². The number of nitrogens with zero attached hydrogens (tertiary/aromatic N) is 2. The lowest BCUT2D eigenvalue weighted by Gasteiger charge is -2.09. The molecule has 0 aliphatic heterocycles. The van der Waals surface area contributed by atoms with Crippen molar-refractivity contribution in [2.45, 2.75) is 0 Å². The van der Waals surface area contributed by atoms with E-state index in [1.54, 1.807) is 7.11 Å². The minimum atomic E-state index is 0.460. The summed E-state index contributed by atoms with van der Waals surface area (Å²) in [7, 11) is 1.66. The van der Waals surface area contributed by atoms with Gasteiger partial charge in [0.15, 0.2) is 0 Å². The van der Waals surface area contributed by atoms with E-state index in [4.69, 9.17) is 16.3 Å². The molecule has 19 heavy (non-hydrogen) atoms. The average molecular weight is 271 g/mol. The molecule has 3 rings (SSSR count). The molecule has 94 valence electrons. The molecular formula is C15H11ClN2O. The number of hydrogen-bond acceptors (Lipinski definition) is 3. The van der Waals surface area contributed by atoms with Crippen LogP contribution in [0.3, 0.4) is 0 Å². The van der Waals surface area contributed by atoms with E-state index < -0.39 is 0 Å². The number of para-hydroxylation sites is 1. The quantitative estimate of drug-likeness (QED) is 0.661. The van der Waals surface area contributed by atoms with E-state index in [0.717, 1.165) is 27.8 Å². The second kappa shape index (κ2) is 4.86. The molecule has 3 aromatic rings. The number of benzene rings is 2. The Morgan fingerprint density at radius 3 is 2.74 bits per heavy atom. The van der Waals surface area contributed by atoms with Gasteiger partial charge in [0.1, 0.15) is 17.2 Å². The molecule has 0 fully saturated rings. The molecule has 0 saturated carbocycles. The normalized spacial score (nSPS) is 10.6. The van der Waals surface area contributed by atoms with E-state index in [1.807, 2.05) is 42.5 Å². The highest BCUT2D eigenvalue weighted by Gasteiger charge is 2.07. The van der Waals surface area contributed by atoms with Gasteiger partial charge in [-0.2, -0.15) is 0 Å². The smallest absolute Gasteiger partial charge is 0.140 e. The summed E-state index contributed by atoms with van der Waals surface area (Å²) in [5.41, 5.74) is 2.88. The van der Waals surface area contributed by atoms with Gasteiger partial charge in [-0.25, -0.2) is 9.97 Å². The van der Waals surface area contributed by atoms with Crippen molar-refractivity contribution in [3.63, 3.8) is 0 Å². The zero-order valence-corrected chi connectivity index (χ0v) is 11.1. The SMILES string of the molecule is COc1ccccc1-c1ccc2ncnc(Cl)c2c1. The lowest BCUT2D eigenvalue weighted by atomic mass is 10.0. The van der Waals surface area contributed by atoms with Gasteiger partial charge in [0.05, 0.1) is 12.6 Å². The van der Waals surface area contributed by atoms with E-state index in [1.165, 1.54) is 6.33 Å². The van der Waals surface area contributed by atoms with Gasteiger partial charge < -0.3 is 4.74 Å². The first-order valence-corrected chi connectivity index (χ1v) is 6.21. The molecule has 0 aliphatic carbocycles.